The summed E-state index contributed by atoms with van der Waals surface area (Å²) >= 11 is 0. The summed E-state index contributed by atoms with van der Waals surface area (Å²) in [7, 11) is 1.64. The Morgan fingerprint density at radius 2 is 1.64 bits per heavy atom. The lowest BCUT2D eigenvalue weighted by atomic mass is 10.1. The highest BCUT2D eigenvalue weighted by Crippen LogP contribution is 2.32. The number of fused-ring (bicyclic) bond motifs is 4. The number of ether oxygens (including phenoxy) is 1. The maximum absolute atomic E-state index is 10.1. The number of aromatic nitrogens is 1. The molecular weight excluding hydrogens is 278 g/mol. The van der Waals surface area contributed by atoms with Crippen molar-refractivity contribution in [3.05, 3.63) is 54.9 Å². The number of aromatic hydroxyl groups is 2. The van der Waals surface area contributed by atoms with E-state index in [4.69, 9.17) is 4.74 Å². The highest BCUT2D eigenvalue weighted by atomic mass is 16.5. The van der Waals surface area contributed by atoms with Crippen LogP contribution in [0.2, 0.25) is 0 Å². The van der Waals surface area contributed by atoms with Crippen molar-refractivity contribution in [2.45, 2.75) is 0 Å². The lowest BCUT2D eigenvalue weighted by Gasteiger charge is -2.05. The number of hydrogen-bond acceptors (Lipinski definition) is 3. The van der Waals surface area contributed by atoms with Gasteiger partial charge in [0.05, 0.1) is 17.9 Å². The zero-order valence-electron chi connectivity index (χ0n) is 11.9. The fourth-order valence-corrected chi connectivity index (χ4v) is 2.86. The van der Waals surface area contributed by atoms with E-state index in [-0.39, 0.29) is 11.5 Å². The minimum Gasteiger partial charge on any atom is -0.507 e. The van der Waals surface area contributed by atoms with Crippen LogP contribution in [-0.2, 0) is 0 Å². The van der Waals surface area contributed by atoms with E-state index in [1.165, 1.54) is 12.1 Å². The summed E-state index contributed by atoms with van der Waals surface area (Å²) in [6.45, 7) is 0. The second-order valence-electron chi connectivity index (χ2n) is 5.27. The van der Waals surface area contributed by atoms with Crippen LogP contribution in [0.1, 0.15) is 0 Å². The molecule has 0 aliphatic heterocycles. The SMILES string of the molecule is COc1ccc2c(cc[n+]3cc4c(O)ccc(O)c4cc23)c1. The second-order valence-corrected chi connectivity index (χ2v) is 5.27. The van der Waals surface area contributed by atoms with E-state index in [1.807, 2.05) is 47.1 Å². The largest absolute Gasteiger partial charge is 0.507 e. The molecule has 0 unspecified atom stereocenters. The predicted octanol–water partition coefficient (Wildman–Crippen LogP) is 3.15. The lowest BCUT2D eigenvalue weighted by molar-refractivity contribution is -0.509. The molecule has 4 heteroatoms. The van der Waals surface area contributed by atoms with Crippen molar-refractivity contribution in [1.82, 2.24) is 0 Å². The Hall–Kier alpha value is -3.01. The van der Waals surface area contributed by atoms with Crippen molar-refractivity contribution in [3.8, 4) is 17.2 Å². The van der Waals surface area contributed by atoms with E-state index in [0.717, 1.165) is 22.0 Å². The van der Waals surface area contributed by atoms with Gasteiger partial charge in [0, 0.05) is 17.5 Å². The number of phenolic OH excluding ortho intramolecular Hbond substituents is 2. The summed E-state index contributed by atoms with van der Waals surface area (Å²) in [6.07, 6.45) is 3.75. The highest BCUT2D eigenvalue weighted by molar-refractivity contribution is 6.00. The zero-order valence-corrected chi connectivity index (χ0v) is 11.9. The van der Waals surface area contributed by atoms with Gasteiger partial charge in [-0.2, -0.15) is 4.40 Å². The molecule has 4 nitrogen and oxygen atoms in total. The summed E-state index contributed by atoms with van der Waals surface area (Å²) in [4.78, 5) is 0. The average Bonchev–Trinajstić information content (AvgIpc) is 2.56. The van der Waals surface area contributed by atoms with Crippen LogP contribution < -0.4 is 9.14 Å². The Bertz CT molecular complexity index is 1040. The highest BCUT2D eigenvalue weighted by Gasteiger charge is 2.14. The van der Waals surface area contributed by atoms with E-state index >= 15 is 0 Å². The van der Waals surface area contributed by atoms with Gasteiger partial charge in [0.15, 0.2) is 12.4 Å². The molecule has 0 bridgehead atoms. The van der Waals surface area contributed by atoms with Gasteiger partial charge in [-0.25, -0.2) is 0 Å². The van der Waals surface area contributed by atoms with Crippen LogP contribution >= 0.6 is 0 Å². The van der Waals surface area contributed by atoms with Crippen LogP contribution in [0.25, 0.3) is 27.1 Å². The first-order chi connectivity index (χ1) is 10.7. The number of benzene rings is 2. The van der Waals surface area contributed by atoms with Crippen LogP contribution in [0.4, 0.5) is 0 Å². The first-order valence-electron chi connectivity index (χ1n) is 6.94. The average molecular weight is 292 g/mol. The minimum atomic E-state index is 0.150. The topological polar surface area (TPSA) is 53.8 Å². The summed E-state index contributed by atoms with van der Waals surface area (Å²) in [5, 5.41) is 23.4. The molecule has 0 spiro atoms. The van der Waals surface area contributed by atoms with Crippen molar-refractivity contribution in [2.24, 2.45) is 0 Å². The Morgan fingerprint density at radius 3 is 2.41 bits per heavy atom. The Morgan fingerprint density at radius 1 is 0.864 bits per heavy atom. The van der Waals surface area contributed by atoms with Crippen molar-refractivity contribution >= 4 is 27.1 Å². The standard InChI is InChI=1S/C18H13NO3/c1-22-12-2-3-13-11(8-12)6-7-19-10-15-14(9-16(13)19)17(20)4-5-18(15)21/h2-10,20H,1H3/p+1. The van der Waals surface area contributed by atoms with Gasteiger partial charge in [0.2, 0.25) is 5.52 Å². The number of rotatable bonds is 1. The normalized spacial score (nSPS) is 11.3. The van der Waals surface area contributed by atoms with Gasteiger partial charge in [-0.15, -0.1) is 0 Å². The van der Waals surface area contributed by atoms with E-state index in [0.29, 0.717) is 10.8 Å². The number of phenols is 2. The van der Waals surface area contributed by atoms with Crippen molar-refractivity contribution < 1.29 is 19.4 Å². The van der Waals surface area contributed by atoms with Crippen molar-refractivity contribution in [2.75, 3.05) is 7.11 Å². The van der Waals surface area contributed by atoms with Gasteiger partial charge in [-0.3, -0.25) is 0 Å². The number of pyridine rings is 2. The smallest absolute Gasteiger partial charge is 0.219 e. The molecule has 0 amide bonds. The third-order valence-electron chi connectivity index (χ3n) is 4.02. The molecule has 0 aliphatic rings. The van der Waals surface area contributed by atoms with Crippen molar-refractivity contribution in [3.63, 3.8) is 0 Å². The summed E-state index contributed by atoms with van der Waals surface area (Å²) in [5.41, 5.74) is 0.952. The quantitative estimate of drug-likeness (QED) is 0.245. The molecule has 0 fully saturated rings. The molecule has 108 valence electrons. The first kappa shape index (κ1) is 12.7. The monoisotopic (exact) mass is 292 g/mol. The molecule has 0 radical (unpaired) electrons. The fraction of sp³-hybridized carbons (Fsp3) is 0.0556. The molecule has 2 heterocycles. The second kappa shape index (κ2) is 4.49. The van der Waals surface area contributed by atoms with Gasteiger partial charge in [-0.1, -0.05) is 0 Å². The van der Waals surface area contributed by atoms with Gasteiger partial charge >= 0.3 is 0 Å². The summed E-state index contributed by atoms with van der Waals surface area (Å²) in [5.74, 6) is 1.11. The number of nitrogens with zero attached hydrogens (tertiary/aromatic N) is 1. The van der Waals surface area contributed by atoms with Crippen LogP contribution in [0.15, 0.2) is 54.9 Å². The maximum atomic E-state index is 10.1. The summed E-state index contributed by atoms with van der Waals surface area (Å²) in [6, 6.07) is 12.8. The molecule has 2 aromatic carbocycles. The van der Waals surface area contributed by atoms with Gasteiger partial charge < -0.3 is 14.9 Å². The molecule has 0 atom stereocenters. The van der Waals surface area contributed by atoms with Gasteiger partial charge in [0.25, 0.3) is 0 Å². The molecule has 4 aromatic rings. The Balaban J connectivity index is 2.17. The lowest BCUT2D eigenvalue weighted by Crippen LogP contribution is -2.20. The van der Waals surface area contributed by atoms with E-state index in [2.05, 4.69) is 0 Å². The van der Waals surface area contributed by atoms with Gasteiger partial charge in [0.1, 0.15) is 17.2 Å². The molecule has 22 heavy (non-hydrogen) atoms. The van der Waals surface area contributed by atoms with Crippen molar-refractivity contribution in [1.29, 1.82) is 0 Å². The zero-order chi connectivity index (χ0) is 15.3. The minimum absolute atomic E-state index is 0.150. The van der Waals surface area contributed by atoms with Crippen LogP contribution in [0.3, 0.4) is 0 Å². The molecule has 0 aliphatic carbocycles. The molecule has 4 rings (SSSR count). The van der Waals surface area contributed by atoms with E-state index in [9.17, 15) is 10.2 Å². The third-order valence-corrected chi connectivity index (χ3v) is 4.02. The third kappa shape index (κ3) is 1.74. The molecule has 0 saturated carbocycles. The number of methoxy groups -OCH3 is 1. The predicted molar refractivity (Wildman–Crippen MR) is 84.5 cm³/mol. The van der Waals surface area contributed by atoms with E-state index in [1.54, 1.807) is 7.11 Å². The molecule has 0 saturated heterocycles. The maximum Gasteiger partial charge on any atom is 0.219 e. The Kier molecular flexibility index (Phi) is 2.60. The van der Waals surface area contributed by atoms with Crippen LogP contribution in [0, 0.1) is 0 Å². The molecular formula is C18H14NO3+. The van der Waals surface area contributed by atoms with Crippen LogP contribution in [0.5, 0.6) is 17.2 Å². The van der Waals surface area contributed by atoms with Crippen LogP contribution in [-0.4, -0.2) is 17.3 Å². The summed E-state index contributed by atoms with van der Waals surface area (Å²) < 4.78 is 7.20. The molecule has 2 aromatic heterocycles. The molecule has 2 N–H and O–H groups in total. The van der Waals surface area contributed by atoms with Gasteiger partial charge in [-0.05, 0) is 35.7 Å². The Labute approximate surface area is 126 Å². The number of hydrogen-bond donors (Lipinski definition) is 2. The van der Waals surface area contributed by atoms with E-state index < -0.39 is 0 Å². The fourth-order valence-electron chi connectivity index (χ4n) is 2.86. The first-order valence-corrected chi connectivity index (χ1v) is 6.94.